The topological polar surface area (TPSA) is 120 Å². The van der Waals surface area contributed by atoms with Crippen molar-refractivity contribution >= 4 is 40.1 Å². The molecule has 0 aliphatic heterocycles. The molecule has 0 aliphatic carbocycles. The minimum Gasteiger partial charge on any atom is -0.383 e. The molecule has 0 bridgehead atoms. The number of aromatic nitrogens is 4. The number of nitrogens with two attached hydrogens (primary N) is 1. The minimum absolute atomic E-state index is 0.153. The molecule has 4 rings (SSSR count). The lowest BCUT2D eigenvalue weighted by Gasteiger charge is -2.08. The second kappa shape index (κ2) is 9.52. The van der Waals surface area contributed by atoms with Crippen LogP contribution in [-0.2, 0) is 4.74 Å². The number of pyridine rings is 1. The first kappa shape index (κ1) is 21.4. The molecule has 32 heavy (non-hydrogen) atoms. The van der Waals surface area contributed by atoms with Crippen LogP contribution in [0.3, 0.4) is 0 Å². The van der Waals surface area contributed by atoms with E-state index in [9.17, 15) is 4.79 Å². The van der Waals surface area contributed by atoms with E-state index in [1.54, 1.807) is 18.6 Å². The van der Waals surface area contributed by atoms with Gasteiger partial charge in [0.15, 0.2) is 5.65 Å². The monoisotopic (exact) mass is 431 g/mol. The zero-order valence-electron chi connectivity index (χ0n) is 18.0. The maximum Gasteiger partial charge on any atom is 0.257 e. The Morgan fingerprint density at radius 1 is 1.22 bits per heavy atom. The van der Waals surface area contributed by atoms with Crippen molar-refractivity contribution in [3.05, 3.63) is 59.9 Å². The maximum absolute atomic E-state index is 13.0. The van der Waals surface area contributed by atoms with Crippen LogP contribution in [0.1, 0.15) is 36.2 Å². The number of amides is 1. The molecule has 3 heterocycles. The summed E-state index contributed by atoms with van der Waals surface area (Å²) in [5.74, 6) is -0.150. The number of anilines is 1. The van der Waals surface area contributed by atoms with E-state index >= 15 is 0 Å². The first-order chi connectivity index (χ1) is 15.5. The highest BCUT2D eigenvalue weighted by Gasteiger charge is 2.23. The first-order valence-corrected chi connectivity index (χ1v) is 10.5. The van der Waals surface area contributed by atoms with E-state index in [1.165, 1.54) is 4.68 Å². The molecular weight excluding hydrogens is 406 g/mol. The van der Waals surface area contributed by atoms with Crippen LogP contribution in [0.25, 0.3) is 22.2 Å². The summed E-state index contributed by atoms with van der Waals surface area (Å²) in [6, 6.07) is 11.1. The third-order valence-electron chi connectivity index (χ3n) is 4.77. The number of hydrogen-bond donors (Lipinski definition) is 2. The molecule has 3 aromatic heterocycles. The Labute approximate surface area is 185 Å². The van der Waals surface area contributed by atoms with Crippen LogP contribution in [0.2, 0.25) is 0 Å². The van der Waals surface area contributed by atoms with Crippen molar-refractivity contribution in [1.29, 1.82) is 0 Å². The van der Waals surface area contributed by atoms with E-state index in [2.05, 4.69) is 25.4 Å². The predicted molar refractivity (Wildman–Crippen MR) is 125 cm³/mol. The van der Waals surface area contributed by atoms with Crippen molar-refractivity contribution in [3.63, 3.8) is 0 Å². The van der Waals surface area contributed by atoms with Crippen LogP contribution in [0, 0.1) is 0 Å². The highest BCUT2D eigenvalue weighted by molar-refractivity contribution is 6.10. The molecule has 0 saturated heterocycles. The van der Waals surface area contributed by atoms with Crippen molar-refractivity contribution in [2.45, 2.75) is 26.4 Å². The van der Waals surface area contributed by atoms with Gasteiger partial charge in [0, 0.05) is 31.1 Å². The second-order valence-electron chi connectivity index (χ2n) is 7.52. The molecule has 1 amide bonds. The lowest BCUT2D eigenvalue weighted by Crippen LogP contribution is -2.26. The summed E-state index contributed by atoms with van der Waals surface area (Å²) in [5, 5.41) is 7.37. The van der Waals surface area contributed by atoms with Gasteiger partial charge in [-0.15, -0.1) is 0 Å². The molecule has 0 aliphatic rings. The van der Waals surface area contributed by atoms with E-state index in [-0.39, 0.29) is 23.4 Å². The Bertz CT molecular complexity index is 1270. The summed E-state index contributed by atoms with van der Waals surface area (Å²) in [7, 11) is 0. The van der Waals surface area contributed by atoms with Crippen LogP contribution in [0.5, 0.6) is 0 Å². The summed E-state index contributed by atoms with van der Waals surface area (Å²) >= 11 is 0. The average molecular weight is 432 g/mol. The fourth-order valence-electron chi connectivity index (χ4n) is 3.25. The van der Waals surface area contributed by atoms with Gasteiger partial charge in [-0.25, -0.2) is 9.97 Å². The Kier molecular flexibility index (Phi) is 6.37. The molecular formula is C23H25N7O2. The molecule has 3 N–H and O–H groups in total. The third kappa shape index (κ3) is 4.57. The number of nitrogens with one attached hydrogen (secondary N) is 1. The van der Waals surface area contributed by atoms with Gasteiger partial charge < -0.3 is 15.8 Å². The molecule has 164 valence electrons. The Balaban J connectivity index is 1.71. The quantitative estimate of drug-likeness (QED) is 0.327. The van der Waals surface area contributed by atoms with Gasteiger partial charge in [0.25, 0.3) is 5.91 Å². The Hall–Kier alpha value is -3.85. The summed E-state index contributed by atoms with van der Waals surface area (Å²) in [6.07, 6.45) is 5.82. The normalized spacial score (nSPS) is 11.7. The van der Waals surface area contributed by atoms with E-state index in [0.717, 1.165) is 5.56 Å². The summed E-state index contributed by atoms with van der Waals surface area (Å²) in [6.45, 7) is 4.97. The highest BCUT2D eigenvalue weighted by atomic mass is 16.5. The van der Waals surface area contributed by atoms with E-state index in [1.807, 2.05) is 50.2 Å². The molecule has 9 nitrogen and oxygen atoms in total. The van der Waals surface area contributed by atoms with E-state index < -0.39 is 0 Å². The lowest BCUT2D eigenvalue weighted by molar-refractivity contribution is 0.0757. The Morgan fingerprint density at radius 2 is 2.00 bits per heavy atom. The van der Waals surface area contributed by atoms with Crippen LogP contribution in [0.4, 0.5) is 5.82 Å². The van der Waals surface area contributed by atoms with Gasteiger partial charge in [-0.2, -0.15) is 9.78 Å². The van der Waals surface area contributed by atoms with Crippen molar-refractivity contribution in [1.82, 2.24) is 24.9 Å². The molecule has 0 saturated carbocycles. The molecule has 4 aromatic rings. The number of para-hydroxylation sites is 2. The molecule has 1 aromatic carbocycles. The second-order valence-corrected chi connectivity index (χ2v) is 7.52. The van der Waals surface area contributed by atoms with Crippen LogP contribution >= 0.6 is 0 Å². The number of carbonyl (C=O) groups excluding carboxylic acids is 1. The van der Waals surface area contributed by atoms with Gasteiger partial charge in [0.1, 0.15) is 16.9 Å². The number of rotatable bonds is 8. The van der Waals surface area contributed by atoms with Gasteiger partial charge in [-0.05, 0) is 38.5 Å². The molecule has 0 fully saturated rings. The number of fused-ring (bicyclic) bond motifs is 2. The number of hydrogen-bond acceptors (Lipinski definition) is 7. The average Bonchev–Trinajstić information content (AvgIpc) is 3.06. The molecule has 0 radical (unpaired) electrons. The fraction of sp³-hybridized carbons (Fsp3) is 0.261. The number of nitrogens with zero attached hydrogens (tertiary/aromatic N) is 5. The number of nitrogen functional groups attached to an aromatic ring is 1. The SMILES string of the molecule is CC(C)OCCCNC(=O)c1c(N)n(/N=C/c2cccnc2)c2nc3ccccc3nc12. The summed E-state index contributed by atoms with van der Waals surface area (Å²) in [4.78, 5) is 26.4. The van der Waals surface area contributed by atoms with Crippen molar-refractivity contribution in [2.24, 2.45) is 5.10 Å². The number of ether oxygens (including phenoxy) is 1. The molecule has 0 spiro atoms. The van der Waals surface area contributed by atoms with Gasteiger partial charge in [-0.1, -0.05) is 18.2 Å². The molecule has 0 atom stereocenters. The zero-order valence-corrected chi connectivity index (χ0v) is 18.0. The lowest BCUT2D eigenvalue weighted by atomic mass is 10.2. The van der Waals surface area contributed by atoms with Gasteiger partial charge in [0.2, 0.25) is 0 Å². The first-order valence-electron chi connectivity index (χ1n) is 10.5. The van der Waals surface area contributed by atoms with Gasteiger partial charge >= 0.3 is 0 Å². The van der Waals surface area contributed by atoms with Crippen molar-refractivity contribution in [2.75, 3.05) is 18.9 Å². The molecule has 9 heteroatoms. The Morgan fingerprint density at radius 3 is 2.72 bits per heavy atom. The fourth-order valence-corrected chi connectivity index (χ4v) is 3.25. The standard InChI is InChI=1S/C23H25N7O2/c1-15(2)32-12-6-11-26-23(31)19-20-22(29-18-9-4-3-8-17(18)28-20)30(21(19)24)27-14-16-7-5-10-25-13-16/h3-5,7-10,13-15H,6,11-12,24H2,1-2H3,(H,26,31)/b27-14+. The van der Waals surface area contributed by atoms with Crippen LogP contribution < -0.4 is 11.1 Å². The number of carbonyl (C=O) groups is 1. The van der Waals surface area contributed by atoms with Crippen molar-refractivity contribution < 1.29 is 9.53 Å². The largest absolute Gasteiger partial charge is 0.383 e. The van der Waals surface area contributed by atoms with Gasteiger partial charge in [0.05, 0.1) is 23.4 Å². The smallest absolute Gasteiger partial charge is 0.257 e. The van der Waals surface area contributed by atoms with E-state index in [0.29, 0.717) is 41.8 Å². The van der Waals surface area contributed by atoms with E-state index in [4.69, 9.17) is 10.5 Å². The maximum atomic E-state index is 13.0. The summed E-state index contributed by atoms with van der Waals surface area (Å²) < 4.78 is 6.97. The van der Waals surface area contributed by atoms with Crippen molar-refractivity contribution in [3.8, 4) is 0 Å². The third-order valence-corrected chi connectivity index (χ3v) is 4.77. The minimum atomic E-state index is -0.322. The zero-order chi connectivity index (χ0) is 22.5. The number of benzene rings is 1. The highest BCUT2D eigenvalue weighted by Crippen LogP contribution is 2.27. The summed E-state index contributed by atoms with van der Waals surface area (Å²) in [5.41, 5.74) is 9.61. The molecule has 0 unspecified atom stereocenters. The predicted octanol–water partition coefficient (Wildman–Crippen LogP) is 2.99. The van der Waals surface area contributed by atoms with Crippen LogP contribution in [-0.4, -0.2) is 51.0 Å². The van der Waals surface area contributed by atoms with Gasteiger partial charge in [-0.3, -0.25) is 9.78 Å². The van der Waals surface area contributed by atoms with Crippen LogP contribution in [0.15, 0.2) is 53.9 Å².